The minimum Gasteiger partial charge on any atom is -0.375 e. The summed E-state index contributed by atoms with van der Waals surface area (Å²) >= 11 is 0. The molecule has 3 rings (SSSR count). The van der Waals surface area contributed by atoms with Gasteiger partial charge in [0.25, 0.3) is 0 Å². The highest BCUT2D eigenvalue weighted by Gasteiger charge is 2.45. The molecule has 3 aliphatic heterocycles. The van der Waals surface area contributed by atoms with Crippen LogP contribution in [0.4, 0.5) is 0 Å². The number of piperidine rings is 1. The van der Waals surface area contributed by atoms with E-state index in [1.54, 1.807) is 0 Å². The Labute approximate surface area is 130 Å². The van der Waals surface area contributed by atoms with Gasteiger partial charge in [-0.05, 0) is 59.0 Å². The Kier molecular flexibility index (Phi) is 4.89. The van der Waals surface area contributed by atoms with E-state index < -0.39 is 0 Å². The lowest BCUT2D eigenvalue weighted by Crippen LogP contribution is -2.59. The lowest BCUT2D eigenvalue weighted by molar-refractivity contribution is -0.0993. The largest absolute Gasteiger partial charge is 0.375 e. The van der Waals surface area contributed by atoms with E-state index in [2.05, 4.69) is 23.6 Å². The quantitative estimate of drug-likeness (QED) is 0.862. The van der Waals surface area contributed by atoms with Gasteiger partial charge in [-0.2, -0.15) is 0 Å². The third kappa shape index (κ3) is 3.29. The summed E-state index contributed by atoms with van der Waals surface area (Å²) in [6.07, 6.45) is 8.40. The van der Waals surface area contributed by atoms with Crippen molar-refractivity contribution >= 4 is 0 Å². The van der Waals surface area contributed by atoms with Crippen LogP contribution >= 0.6 is 0 Å². The summed E-state index contributed by atoms with van der Waals surface area (Å²) in [6.45, 7) is 10.2. The Morgan fingerprint density at radius 2 is 1.71 bits per heavy atom. The van der Waals surface area contributed by atoms with Crippen LogP contribution in [0.1, 0.15) is 52.4 Å². The lowest BCUT2D eigenvalue weighted by atomic mass is 9.82. The number of likely N-dealkylation sites (tertiary alicyclic amines) is 2. The molecule has 3 heterocycles. The second kappa shape index (κ2) is 6.53. The standard InChI is InChI=1S/C17H33N3O/c1-14-10-17(13-18,11-15(2)21-14)20-9-6-16(12-20)19-7-4-3-5-8-19/h14-16H,3-13,18H2,1-2H3. The molecule has 0 aromatic carbocycles. The van der Waals surface area contributed by atoms with Crippen molar-refractivity contribution in [2.24, 2.45) is 5.73 Å². The van der Waals surface area contributed by atoms with Crippen molar-refractivity contribution in [1.82, 2.24) is 9.80 Å². The first-order chi connectivity index (χ1) is 10.1. The SMILES string of the molecule is CC1CC(CN)(N2CCC(N3CCCCC3)C2)CC(C)O1. The molecule has 0 aromatic rings. The fourth-order valence-corrected chi connectivity index (χ4v) is 4.95. The summed E-state index contributed by atoms with van der Waals surface area (Å²) in [5.41, 5.74) is 6.44. The van der Waals surface area contributed by atoms with Gasteiger partial charge in [0.1, 0.15) is 0 Å². The predicted octanol–water partition coefficient (Wildman–Crippen LogP) is 1.83. The van der Waals surface area contributed by atoms with Crippen LogP contribution in [0.2, 0.25) is 0 Å². The zero-order valence-corrected chi connectivity index (χ0v) is 13.9. The molecule has 0 spiro atoms. The highest BCUT2D eigenvalue weighted by Crippen LogP contribution is 2.36. The maximum atomic E-state index is 6.26. The average Bonchev–Trinajstić information content (AvgIpc) is 2.97. The minimum atomic E-state index is 0.182. The number of hydrogen-bond donors (Lipinski definition) is 1. The Morgan fingerprint density at radius 1 is 1.05 bits per heavy atom. The number of nitrogens with zero attached hydrogens (tertiary/aromatic N) is 2. The van der Waals surface area contributed by atoms with Gasteiger partial charge in [0.2, 0.25) is 0 Å². The van der Waals surface area contributed by atoms with E-state index in [-0.39, 0.29) is 5.54 Å². The Balaban J connectivity index is 1.65. The molecular formula is C17H33N3O. The van der Waals surface area contributed by atoms with E-state index in [4.69, 9.17) is 10.5 Å². The smallest absolute Gasteiger partial charge is 0.0568 e. The van der Waals surface area contributed by atoms with Crippen molar-refractivity contribution in [2.45, 2.75) is 76.2 Å². The van der Waals surface area contributed by atoms with E-state index >= 15 is 0 Å². The second-order valence-corrected chi connectivity index (χ2v) is 7.58. The monoisotopic (exact) mass is 295 g/mol. The number of rotatable bonds is 3. The molecule has 0 aliphatic carbocycles. The Morgan fingerprint density at radius 3 is 2.33 bits per heavy atom. The van der Waals surface area contributed by atoms with Crippen molar-refractivity contribution in [2.75, 3.05) is 32.7 Å². The van der Waals surface area contributed by atoms with E-state index in [1.165, 1.54) is 51.9 Å². The summed E-state index contributed by atoms with van der Waals surface area (Å²) < 4.78 is 5.95. The third-order valence-electron chi connectivity index (χ3n) is 5.92. The van der Waals surface area contributed by atoms with Crippen LogP contribution in [0.15, 0.2) is 0 Å². The van der Waals surface area contributed by atoms with Gasteiger partial charge in [-0.1, -0.05) is 6.42 Å². The Bertz CT molecular complexity index is 333. The van der Waals surface area contributed by atoms with Crippen molar-refractivity contribution < 1.29 is 4.74 Å². The third-order valence-corrected chi connectivity index (χ3v) is 5.92. The summed E-state index contributed by atoms with van der Waals surface area (Å²) in [6, 6.07) is 0.766. The van der Waals surface area contributed by atoms with Gasteiger partial charge in [0.15, 0.2) is 0 Å². The first-order valence-corrected chi connectivity index (χ1v) is 8.97. The molecule has 3 aliphatic rings. The Hall–Kier alpha value is -0.160. The molecule has 3 fully saturated rings. The molecule has 4 nitrogen and oxygen atoms in total. The van der Waals surface area contributed by atoms with Crippen LogP contribution in [0.25, 0.3) is 0 Å². The molecule has 3 saturated heterocycles. The summed E-state index contributed by atoms with van der Waals surface area (Å²) in [5.74, 6) is 0. The van der Waals surface area contributed by atoms with Crippen LogP contribution in [-0.2, 0) is 4.74 Å². The summed E-state index contributed by atoms with van der Waals surface area (Å²) in [4.78, 5) is 5.45. The molecule has 0 aromatic heterocycles. The van der Waals surface area contributed by atoms with Crippen molar-refractivity contribution in [3.05, 3.63) is 0 Å². The van der Waals surface area contributed by atoms with Crippen LogP contribution in [0.3, 0.4) is 0 Å². The lowest BCUT2D eigenvalue weighted by Gasteiger charge is -2.48. The zero-order valence-electron chi connectivity index (χ0n) is 13.9. The van der Waals surface area contributed by atoms with Crippen LogP contribution in [-0.4, -0.2) is 66.3 Å². The highest BCUT2D eigenvalue weighted by molar-refractivity contribution is 5.01. The fraction of sp³-hybridized carbons (Fsp3) is 1.00. The fourth-order valence-electron chi connectivity index (χ4n) is 4.95. The van der Waals surface area contributed by atoms with Crippen molar-refractivity contribution in [3.63, 3.8) is 0 Å². The number of hydrogen-bond acceptors (Lipinski definition) is 4. The van der Waals surface area contributed by atoms with Crippen LogP contribution in [0.5, 0.6) is 0 Å². The van der Waals surface area contributed by atoms with Gasteiger partial charge in [-0.25, -0.2) is 0 Å². The van der Waals surface area contributed by atoms with Gasteiger partial charge in [-0.3, -0.25) is 9.80 Å². The molecule has 122 valence electrons. The zero-order chi connectivity index (χ0) is 14.9. The molecule has 21 heavy (non-hydrogen) atoms. The highest BCUT2D eigenvalue weighted by atomic mass is 16.5. The van der Waals surface area contributed by atoms with Crippen molar-refractivity contribution in [1.29, 1.82) is 0 Å². The number of nitrogens with two attached hydrogens (primary N) is 1. The predicted molar refractivity (Wildman–Crippen MR) is 86.4 cm³/mol. The average molecular weight is 295 g/mol. The normalized spacial score (nSPS) is 43.3. The summed E-state index contributed by atoms with van der Waals surface area (Å²) in [5, 5.41) is 0. The van der Waals surface area contributed by atoms with Gasteiger partial charge in [0.05, 0.1) is 12.2 Å². The topological polar surface area (TPSA) is 41.7 Å². The first-order valence-electron chi connectivity index (χ1n) is 8.97. The van der Waals surface area contributed by atoms with Gasteiger partial charge in [-0.15, -0.1) is 0 Å². The number of ether oxygens (including phenoxy) is 1. The molecular weight excluding hydrogens is 262 g/mol. The molecule has 0 bridgehead atoms. The van der Waals surface area contributed by atoms with Crippen LogP contribution < -0.4 is 5.73 Å². The van der Waals surface area contributed by atoms with Gasteiger partial charge >= 0.3 is 0 Å². The maximum absolute atomic E-state index is 6.26. The van der Waals surface area contributed by atoms with Gasteiger partial charge in [0, 0.05) is 31.2 Å². The van der Waals surface area contributed by atoms with E-state index in [0.29, 0.717) is 12.2 Å². The molecule has 3 atom stereocenters. The van der Waals surface area contributed by atoms with E-state index in [1.807, 2.05) is 0 Å². The second-order valence-electron chi connectivity index (χ2n) is 7.58. The molecule has 3 unspecified atom stereocenters. The molecule has 0 amide bonds. The summed E-state index contributed by atoms with van der Waals surface area (Å²) in [7, 11) is 0. The molecule has 0 radical (unpaired) electrons. The van der Waals surface area contributed by atoms with Gasteiger partial charge < -0.3 is 10.5 Å². The minimum absolute atomic E-state index is 0.182. The molecule has 2 N–H and O–H groups in total. The van der Waals surface area contributed by atoms with Crippen molar-refractivity contribution in [3.8, 4) is 0 Å². The molecule has 4 heteroatoms. The first kappa shape index (κ1) is 15.7. The maximum Gasteiger partial charge on any atom is 0.0568 e. The van der Waals surface area contributed by atoms with E-state index in [0.717, 1.165) is 25.4 Å². The molecule has 0 saturated carbocycles. The van der Waals surface area contributed by atoms with Crippen LogP contribution in [0, 0.1) is 0 Å². The van der Waals surface area contributed by atoms with E-state index in [9.17, 15) is 0 Å².